The van der Waals surface area contributed by atoms with Crippen molar-refractivity contribution >= 4 is 35.3 Å². The molecule has 1 saturated heterocycles. The van der Waals surface area contributed by atoms with Gasteiger partial charge in [-0.25, -0.2) is 4.79 Å². The summed E-state index contributed by atoms with van der Waals surface area (Å²) >= 11 is 0. The number of Topliss-reactive ketones (excluding diaryl/α,β-unsaturated/α-hetero) is 1. The number of likely N-dealkylation sites (N-methyl/N-ethyl adjacent to an activating group) is 1. The van der Waals surface area contributed by atoms with Crippen LogP contribution >= 0.6 is 0 Å². The number of hydrogen-bond acceptors (Lipinski definition) is 18. The van der Waals surface area contributed by atoms with Crippen LogP contribution in [0.2, 0.25) is 0 Å². The summed E-state index contributed by atoms with van der Waals surface area (Å²) in [6.45, 7) is 1.67. The Labute approximate surface area is 337 Å². The van der Waals surface area contributed by atoms with Crippen molar-refractivity contribution in [1.29, 1.82) is 0 Å². The Morgan fingerprint density at radius 2 is 1.63 bits per heavy atom. The van der Waals surface area contributed by atoms with E-state index in [1.54, 1.807) is 6.92 Å². The number of phenolic OH excluding ortho intramolecular Hbond substituents is 2. The third-order valence-electron chi connectivity index (χ3n) is 9.85. The lowest BCUT2D eigenvalue weighted by molar-refractivity contribution is -0.870. The number of fused-ring (bicyclic) bond motifs is 3. The van der Waals surface area contributed by atoms with Gasteiger partial charge in [-0.05, 0) is 13.0 Å². The van der Waals surface area contributed by atoms with E-state index in [1.807, 2.05) is 0 Å². The van der Waals surface area contributed by atoms with E-state index in [2.05, 4.69) is 21.1 Å². The standard InChI is InChI=1S/C27H29NO11.C6H8O7.C5H14NO/c1-10-22(31)13(28)6-17(38-10)39-15-8-27(36,16(30)9-29)7-12-19(15)26(35)21-20(24(12)33)23(32)11-4-3-5-14(37-2)18(11)25(21)34;7-3(8)1-6(13,5(11)12)2-4(9)10;1-6(2,3)4-5-7/h3-5,10,13,15,17,22,29,31,33,35-36H,6-9,28H2,1-2H3;13H,1-2H2,(H,7,8)(H,9,10)(H,11,12);7H,4-5H2,1-3H3/q;;+1/p-1/t10-,13-,15-,17-,22+,27-;;/m0../s1. The molecule has 0 radical (unpaired) electrons. The van der Waals surface area contributed by atoms with E-state index in [1.165, 1.54) is 25.3 Å². The van der Waals surface area contributed by atoms with Crippen LogP contribution in [0.1, 0.15) is 81.7 Å². The average Bonchev–Trinajstić information content (AvgIpc) is 3.12. The van der Waals surface area contributed by atoms with E-state index >= 15 is 0 Å². The lowest BCUT2D eigenvalue weighted by Gasteiger charge is -2.42. The summed E-state index contributed by atoms with van der Waals surface area (Å²) in [6.07, 6.45) is -7.56. The topological polar surface area (TPSA) is 361 Å². The number of phenols is 2. The molecule has 2 aliphatic carbocycles. The lowest BCUT2D eigenvalue weighted by atomic mass is 9.72. The Balaban J connectivity index is 0.000000385. The van der Waals surface area contributed by atoms with Gasteiger partial charge in [0.05, 0.1) is 76.3 Å². The first-order valence-electron chi connectivity index (χ1n) is 18.0. The fourth-order valence-corrected chi connectivity index (χ4v) is 6.75. The van der Waals surface area contributed by atoms with Crippen molar-refractivity contribution in [1.82, 2.24) is 0 Å². The van der Waals surface area contributed by atoms with Crippen molar-refractivity contribution < 1.29 is 98.5 Å². The zero-order valence-electron chi connectivity index (χ0n) is 32.9. The molecule has 1 fully saturated rings. The fourth-order valence-electron chi connectivity index (χ4n) is 6.75. The van der Waals surface area contributed by atoms with E-state index in [-0.39, 0.29) is 41.0 Å². The molecule has 1 heterocycles. The van der Waals surface area contributed by atoms with Gasteiger partial charge in [-0.15, -0.1) is 0 Å². The largest absolute Gasteiger partial charge is 0.550 e. The van der Waals surface area contributed by atoms with Crippen molar-refractivity contribution in [2.45, 2.75) is 80.9 Å². The van der Waals surface area contributed by atoms with E-state index in [0.717, 1.165) is 11.0 Å². The molecule has 2 aromatic carbocycles. The third-order valence-corrected chi connectivity index (χ3v) is 9.85. The maximum absolute atomic E-state index is 13.6. The average molecular weight is 839 g/mol. The molecule has 11 N–H and O–H groups in total. The van der Waals surface area contributed by atoms with Crippen LogP contribution in [-0.2, 0) is 35.1 Å². The van der Waals surface area contributed by atoms with Gasteiger partial charge in [0.25, 0.3) is 0 Å². The van der Waals surface area contributed by atoms with Gasteiger partial charge in [0.2, 0.25) is 5.78 Å². The molecule has 21 nitrogen and oxygen atoms in total. The normalized spacial score (nSPS) is 24.4. The van der Waals surface area contributed by atoms with Crippen LogP contribution < -0.4 is 15.6 Å². The molecule has 5 rings (SSSR count). The second-order valence-corrected chi connectivity index (χ2v) is 15.4. The first kappa shape index (κ1) is 48.3. The molecule has 3 aliphatic rings. The van der Waals surface area contributed by atoms with Crippen LogP contribution in [0.4, 0.5) is 0 Å². The highest BCUT2D eigenvalue weighted by Crippen LogP contribution is 2.52. The molecule has 1 unspecified atom stereocenters. The summed E-state index contributed by atoms with van der Waals surface area (Å²) in [7, 11) is 7.48. The smallest absolute Gasteiger partial charge is 0.336 e. The Hall–Kier alpha value is -5.10. The van der Waals surface area contributed by atoms with Crippen LogP contribution in [0.3, 0.4) is 0 Å². The highest BCUT2D eigenvalue weighted by molar-refractivity contribution is 6.31. The fraction of sp³-hybridized carbons (Fsp3) is 0.526. The van der Waals surface area contributed by atoms with E-state index < -0.39 is 132 Å². The molecule has 0 aromatic heterocycles. The van der Waals surface area contributed by atoms with Crippen molar-refractivity contribution in [2.75, 3.05) is 48.0 Å². The molecule has 0 amide bonds. The van der Waals surface area contributed by atoms with Crippen LogP contribution in [0.15, 0.2) is 18.2 Å². The maximum atomic E-state index is 13.6. The number of carboxylic acid groups (broad SMARTS) is 3. The summed E-state index contributed by atoms with van der Waals surface area (Å²) in [5, 5.41) is 97.6. The minimum absolute atomic E-state index is 0.0173. The van der Waals surface area contributed by atoms with Gasteiger partial charge in [-0.3, -0.25) is 19.2 Å². The van der Waals surface area contributed by atoms with Gasteiger partial charge in [0.1, 0.15) is 36.0 Å². The Kier molecular flexibility index (Phi) is 15.4. The third kappa shape index (κ3) is 10.8. The van der Waals surface area contributed by atoms with Gasteiger partial charge in [0.15, 0.2) is 23.5 Å². The summed E-state index contributed by atoms with van der Waals surface area (Å²) < 4.78 is 17.8. The SMILES string of the molecule is COc1cccc2c1C(=O)c1c(O)c3c(c(O)c1C2=O)C[C@@](O)(C(=O)CO)C[C@@H]3O[C@H]1C[C@H](N)[C@H](O)[C@H](C)O1.C[N+](C)(C)CCO.O=C([O-])CC(O)(CC(=O)O)C(=O)O. The monoisotopic (exact) mass is 838 g/mol. The minimum Gasteiger partial charge on any atom is -0.550 e. The summed E-state index contributed by atoms with van der Waals surface area (Å²) in [5.41, 5.74) is -0.427. The molecular weight excluding hydrogens is 788 g/mol. The molecule has 2 aromatic rings. The Morgan fingerprint density at radius 1 is 1.02 bits per heavy atom. The number of ether oxygens (including phenoxy) is 3. The number of quaternary nitrogens is 1. The number of methoxy groups -OCH3 is 1. The number of hydrogen-bond donors (Lipinski definition) is 10. The van der Waals surface area contributed by atoms with E-state index in [0.29, 0.717) is 0 Å². The van der Waals surface area contributed by atoms with Gasteiger partial charge < -0.3 is 80.3 Å². The summed E-state index contributed by atoms with van der Waals surface area (Å²) in [5.74, 6) is -9.11. The first-order valence-corrected chi connectivity index (χ1v) is 18.0. The molecule has 0 bridgehead atoms. The highest BCUT2D eigenvalue weighted by Gasteiger charge is 2.50. The summed E-state index contributed by atoms with van der Waals surface area (Å²) in [6, 6.07) is 3.64. The van der Waals surface area contributed by atoms with Crippen molar-refractivity contribution in [3.8, 4) is 17.2 Å². The Morgan fingerprint density at radius 3 is 2.10 bits per heavy atom. The number of carbonyl (C=O) groups excluding carboxylic acids is 4. The number of aliphatic carboxylic acids is 3. The highest BCUT2D eigenvalue weighted by atomic mass is 16.7. The molecule has 0 saturated carbocycles. The van der Waals surface area contributed by atoms with Crippen LogP contribution in [0.5, 0.6) is 17.2 Å². The number of rotatable bonds is 12. The number of aliphatic hydroxyl groups is 5. The second kappa shape index (κ2) is 18.9. The molecule has 0 spiro atoms. The quantitative estimate of drug-likeness (QED) is 0.0646. The Bertz CT molecular complexity index is 1930. The minimum atomic E-state index is -2.80. The maximum Gasteiger partial charge on any atom is 0.336 e. The van der Waals surface area contributed by atoms with Gasteiger partial charge in [-0.2, -0.15) is 0 Å². The predicted octanol–water partition coefficient (Wildman–Crippen LogP) is -2.90. The van der Waals surface area contributed by atoms with Crippen LogP contribution in [0.25, 0.3) is 0 Å². The van der Waals surface area contributed by atoms with Gasteiger partial charge >= 0.3 is 11.9 Å². The number of nitrogens with zero attached hydrogens (tertiary/aromatic N) is 1. The van der Waals surface area contributed by atoms with Crippen LogP contribution in [-0.4, -0.2) is 169 Å². The molecule has 21 heteroatoms. The zero-order chi connectivity index (χ0) is 44.9. The number of nitrogens with two attached hydrogens (primary N) is 1. The number of ketones is 3. The molecular formula is C38H50N2O19. The van der Waals surface area contributed by atoms with Gasteiger partial charge in [0, 0.05) is 54.4 Å². The van der Waals surface area contributed by atoms with E-state index in [4.69, 9.17) is 40.4 Å². The summed E-state index contributed by atoms with van der Waals surface area (Å²) in [4.78, 5) is 70.1. The molecule has 7 atom stereocenters. The number of benzene rings is 2. The molecule has 326 valence electrons. The second-order valence-electron chi connectivity index (χ2n) is 15.4. The van der Waals surface area contributed by atoms with Crippen molar-refractivity contribution in [2.24, 2.45) is 5.73 Å². The number of aromatic hydroxyl groups is 2. The lowest BCUT2D eigenvalue weighted by Crippen LogP contribution is -2.53. The first-order chi connectivity index (χ1) is 27.3. The van der Waals surface area contributed by atoms with Crippen molar-refractivity contribution in [3.05, 3.63) is 51.6 Å². The molecule has 59 heavy (non-hydrogen) atoms. The van der Waals surface area contributed by atoms with Crippen molar-refractivity contribution in [3.63, 3.8) is 0 Å². The van der Waals surface area contributed by atoms with E-state index in [9.17, 15) is 59.4 Å². The number of carbonyl (C=O) groups is 6. The van der Waals surface area contributed by atoms with Crippen LogP contribution in [0, 0.1) is 0 Å². The zero-order valence-corrected chi connectivity index (χ0v) is 32.9. The molecule has 1 aliphatic heterocycles. The number of aliphatic hydroxyl groups excluding tert-OH is 3. The number of carboxylic acids is 3. The predicted molar refractivity (Wildman–Crippen MR) is 196 cm³/mol. The van der Waals surface area contributed by atoms with Gasteiger partial charge in [-0.1, -0.05) is 12.1 Å².